The molecule has 0 bridgehead atoms. The van der Waals surface area contributed by atoms with Gasteiger partial charge < -0.3 is 0 Å². The Morgan fingerprint density at radius 2 is 1.64 bits per heavy atom. The van der Waals surface area contributed by atoms with Gasteiger partial charge in [-0.05, 0) is 17.0 Å². The SMILES string of the molecule is CC(C)(C)c1ccc(-c2nc(Cl)c(C#N)c3c(Cl)cccc23)cc1.[Ir+3]. The molecule has 2 nitrogen and oxygen atoms in total. The first-order chi connectivity index (χ1) is 11.3. The zero-order valence-corrected chi connectivity index (χ0v) is 17.9. The number of hydrogen-bond acceptors (Lipinski definition) is 2. The molecule has 0 saturated carbocycles. The van der Waals surface area contributed by atoms with Crippen molar-refractivity contribution in [3.63, 3.8) is 0 Å². The Kier molecular flexibility index (Phi) is 5.92. The fraction of sp³-hybridized carbons (Fsp3) is 0.200. The monoisotopic (exact) mass is 547 g/mol. The first-order valence-corrected chi connectivity index (χ1v) is 8.37. The maximum Gasteiger partial charge on any atom is 3.00 e. The zero-order chi connectivity index (χ0) is 17.5. The average Bonchev–Trinajstić information content (AvgIpc) is 2.54. The van der Waals surface area contributed by atoms with Gasteiger partial charge in [0.1, 0.15) is 11.2 Å². The largest absolute Gasteiger partial charge is 3.00 e. The van der Waals surface area contributed by atoms with Gasteiger partial charge in [-0.15, -0.1) is 0 Å². The van der Waals surface area contributed by atoms with Gasteiger partial charge in [0.05, 0.1) is 11.3 Å². The molecule has 0 spiro atoms. The maximum atomic E-state index is 9.40. The second kappa shape index (κ2) is 7.44. The molecular formula is C20H16Cl2IrN2+3. The molecular weight excluding hydrogens is 531 g/mol. The van der Waals surface area contributed by atoms with E-state index in [-0.39, 0.29) is 30.7 Å². The minimum atomic E-state index is 0. The van der Waals surface area contributed by atoms with Crippen molar-refractivity contribution in [1.82, 2.24) is 4.98 Å². The summed E-state index contributed by atoms with van der Waals surface area (Å²) in [6.45, 7) is 6.52. The molecule has 0 aliphatic rings. The second-order valence-electron chi connectivity index (χ2n) is 6.73. The van der Waals surface area contributed by atoms with Crippen molar-refractivity contribution in [2.45, 2.75) is 26.2 Å². The first-order valence-electron chi connectivity index (χ1n) is 7.61. The third-order valence-corrected chi connectivity index (χ3v) is 4.66. The smallest absolute Gasteiger partial charge is 0.234 e. The molecule has 5 heteroatoms. The van der Waals surface area contributed by atoms with E-state index in [4.69, 9.17) is 23.2 Å². The Labute approximate surface area is 171 Å². The maximum absolute atomic E-state index is 9.40. The summed E-state index contributed by atoms with van der Waals surface area (Å²) in [7, 11) is 0. The molecule has 3 rings (SSSR count). The third-order valence-electron chi connectivity index (χ3n) is 4.07. The molecule has 0 aliphatic carbocycles. The zero-order valence-electron chi connectivity index (χ0n) is 14.0. The van der Waals surface area contributed by atoms with Crippen LogP contribution in [0.15, 0.2) is 42.5 Å². The van der Waals surface area contributed by atoms with E-state index in [9.17, 15) is 5.26 Å². The van der Waals surface area contributed by atoms with Gasteiger partial charge in [-0.3, -0.25) is 0 Å². The second-order valence-corrected chi connectivity index (χ2v) is 7.49. The van der Waals surface area contributed by atoms with Crippen molar-refractivity contribution in [1.29, 1.82) is 5.26 Å². The van der Waals surface area contributed by atoms with Crippen LogP contribution in [0.2, 0.25) is 10.2 Å². The molecule has 2 aromatic carbocycles. The number of aromatic nitrogens is 1. The summed E-state index contributed by atoms with van der Waals surface area (Å²) >= 11 is 12.6. The van der Waals surface area contributed by atoms with Crippen molar-refractivity contribution in [3.8, 4) is 17.3 Å². The van der Waals surface area contributed by atoms with Gasteiger partial charge in [0.25, 0.3) is 0 Å². The van der Waals surface area contributed by atoms with Crippen LogP contribution in [0.5, 0.6) is 0 Å². The van der Waals surface area contributed by atoms with Crippen molar-refractivity contribution >= 4 is 34.0 Å². The molecule has 0 atom stereocenters. The average molecular weight is 547 g/mol. The van der Waals surface area contributed by atoms with E-state index >= 15 is 0 Å². The van der Waals surface area contributed by atoms with Crippen LogP contribution in [0.3, 0.4) is 0 Å². The van der Waals surface area contributed by atoms with Crippen LogP contribution in [0.4, 0.5) is 0 Å². The molecule has 0 fully saturated rings. The molecule has 126 valence electrons. The van der Waals surface area contributed by atoms with Crippen LogP contribution in [-0.2, 0) is 25.5 Å². The number of pyridine rings is 1. The molecule has 0 N–H and O–H groups in total. The minimum absolute atomic E-state index is 0. The number of halogens is 2. The Morgan fingerprint density at radius 1 is 1.00 bits per heavy atom. The van der Waals surface area contributed by atoms with E-state index in [0.29, 0.717) is 16.0 Å². The van der Waals surface area contributed by atoms with E-state index < -0.39 is 0 Å². The molecule has 0 amide bonds. The summed E-state index contributed by atoms with van der Waals surface area (Å²) in [4.78, 5) is 4.46. The van der Waals surface area contributed by atoms with Crippen molar-refractivity contribution in [3.05, 3.63) is 63.8 Å². The van der Waals surface area contributed by atoms with E-state index in [1.165, 1.54) is 5.56 Å². The van der Waals surface area contributed by atoms with Crippen LogP contribution in [-0.4, -0.2) is 4.98 Å². The first kappa shape index (κ1) is 19.9. The molecule has 25 heavy (non-hydrogen) atoms. The summed E-state index contributed by atoms with van der Waals surface area (Å²) in [6.07, 6.45) is 0. The van der Waals surface area contributed by atoms with Gasteiger partial charge in [0.15, 0.2) is 0 Å². The van der Waals surface area contributed by atoms with E-state index in [1.807, 2.05) is 24.3 Å². The van der Waals surface area contributed by atoms with Gasteiger partial charge in [0.2, 0.25) is 0 Å². The number of hydrogen-bond donors (Lipinski definition) is 0. The molecule has 1 aromatic heterocycles. The Morgan fingerprint density at radius 3 is 2.20 bits per heavy atom. The minimum Gasteiger partial charge on any atom is -0.234 e. The Hall–Kier alpha value is -1.43. The molecule has 0 saturated heterocycles. The Bertz CT molecular complexity index is 968. The van der Waals surface area contributed by atoms with Crippen LogP contribution in [0, 0.1) is 11.3 Å². The molecule has 0 radical (unpaired) electrons. The Balaban J connectivity index is 0.00000225. The van der Waals surface area contributed by atoms with Gasteiger partial charge in [-0.25, -0.2) is 4.98 Å². The summed E-state index contributed by atoms with van der Waals surface area (Å²) in [5.41, 5.74) is 3.32. The van der Waals surface area contributed by atoms with Crippen LogP contribution in [0.25, 0.3) is 22.0 Å². The third kappa shape index (κ3) is 3.73. The quantitative estimate of drug-likeness (QED) is 0.332. The molecule has 3 aromatic rings. The number of benzene rings is 2. The normalized spacial score (nSPS) is 11.0. The van der Waals surface area contributed by atoms with Crippen molar-refractivity contribution < 1.29 is 20.1 Å². The predicted octanol–water partition coefficient (Wildman–Crippen LogP) is 6.38. The molecule has 0 unspecified atom stereocenters. The van der Waals surface area contributed by atoms with Gasteiger partial charge >= 0.3 is 20.1 Å². The summed E-state index contributed by atoms with van der Waals surface area (Å²) < 4.78 is 0. The van der Waals surface area contributed by atoms with Crippen LogP contribution in [0.1, 0.15) is 31.9 Å². The van der Waals surface area contributed by atoms with Crippen LogP contribution >= 0.6 is 23.2 Å². The number of fused-ring (bicyclic) bond motifs is 1. The number of rotatable bonds is 1. The van der Waals surface area contributed by atoms with Gasteiger partial charge in [-0.1, -0.05) is 80.4 Å². The topological polar surface area (TPSA) is 36.7 Å². The summed E-state index contributed by atoms with van der Waals surface area (Å²) in [5.74, 6) is 0. The van der Waals surface area contributed by atoms with E-state index in [1.54, 1.807) is 6.07 Å². The van der Waals surface area contributed by atoms with Crippen molar-refractivity contribution in [2.75, 3.05) is 0 Å². The standard InChI is InChI=1S/C20H16Cl2N2.Ir/c1-20(2,3)13-9-7-12(8-10-13)18-14-5-4-6-16(21)17(14)15(11-23)19(22)24-18;/h4-10H,1-3H3;/q;+3. The van der Waals surface area contributed by atoms with Gasteiger partial charge in [-0.2, -0.15) is 5.26 Å². The number of nitriles is 1. The van der Waals surface area contributed by atoms with Crippen LogP contribution < -0.4 is 0 Å². The molecule has 0 aliphatic heterocycles. The predicted molar refractivity (Wildman–Crippen MR) is 101 cm³/mol. The fourth-order valence-corrected chi connectivity index (χ4v) is 3.23. The van der Waals surface area contributed by atoms with E-state index in [0.717, 1.165) is 16.6 Å². The summed E-state index contributed by atoms with van der Waals surface area (Å²) in [5, 5.41) is 11.5. The van der Waals surface area contributed by atoms with Gasteiger partial charge in [0, 0.05) is 21.4 Å². The summed E-state index contributed by atoms with van der Waals surface area (Å²) in [6, 6.07) is 15.9. The fourth-order valence-electron chi connectivity index (χ4n) is 2.74. The molecule has 1 heterocycles. The van der Waals surface area contributed by atoms with E-state index in [2.05, 4.69) is 44.0 Å². The van der Waals surface area contributed by atoms with Crippen molar-refractivity contribution in [2.24, 2.45) is 0 Å². The number of nitrogens with zero attached hydrogens (tertiary/aromatic N) is 2.